The van der Waals surface area contributed by atoms with Gasteiger partial charge in [-0.3, -0.25) is 9.59 Å². The first kappa shape index (κ1) is 8.49. The Kier molecular flexibility index (Phi) is 1.81. The van der Waals surface area contributed by atoms with E-state index in [4.69, 9.17) is 0 Å². The van der Waals surface area contributed by atoms with Crippen molar-refractivity contribution in [3.63, 3.8) is 0 Å². The molecule has 0 amide bonds. The number of aryl methyl sites for hydroxylation is 1. The van der Waals surface area contributed by atoms with Gasteiger partial charge in [0.15, 0.2) is 17.5 Å². The van der Waals surface area contributed by atoms with Crippen molar-refractivity contribution in [2.75, 3.05) is 0 Å². The number of rotatable bonds is 1. The van der Waals surface area contributed by atoms with Crippen LogP contribution in [0.2, 0.25) is 0 Å². The summed E-state index contributed by atoms with van der Waals surface area (Å²) < 4.78 is 0. The summed E-state index contributed by atoms with van der Waals surface area (Å²) in [6, 6.07) is 0. The van der Waals surface area contributed by atoms with Crippen molar-refractivity contribution >= 4 is 17.5 Å². The highest BCUT2D eigenvalue weighted by Gasteiger charge is 2.04. The lowest BCUT2D eigenvalue weighted by atomic mass is 10.4. The molecule has 1 N–H and O–H groups in total. The quantitative estimate of drug-likeness (QED) is 0.631. The minimum atomic E-state index is -0.385. The summed E-state index contributed by atoms with van der Waals surface area (Å²) in [5, 5.41) is 0. The molecule has 14 heavy (non-hydrogen) atoms. The SMILES string of the molecule is Cc1nc2ncc(C=O)nc2c(=O)[nH]1. The first-order valence-electron chi connectivity index (χ1n) is 3.89. The second-order valence-corrected chi connectivity index (χ2v) is 2.74. The van der Waals surface area contributed by atoms with E-state index in [1.165, 1.54) is 6.20 Å². The molecular formula is C8H6N4O2. The van der Waals surface area contributed by atoms with Crippen molar-refractivity contribution in [1.82, 2.24) is 19.9 Å². The molecule has 6 heteroatoms. The van der Waals surface area contributed by atoms with Crippen molar-refractivity contribution in [2.24, 2.45) is 0 Å². The van der Waals surface area contributed by atoms with E-state index in [-0.39, 0.29) is 22.4 Å². The number of aldehydes is 1. The first-order chi connectivity index (χ1) is 6.70. The van der Waals surface area contributed by atoms with Gasteiger partial charge in [0.2, 0.25) is 0 Å². The fourth-order valence-electron chi connectivity index (χ4n) is 1.10. The molecule has 6 nitrogen and oxygen atoms in total. The van der Waals surface area contributed by atoms with Gasteiger partial charge in [-0.15, -0.1) is 0 Å². The van der Waals surface area contributed by atoms with Crippen LogP contribution in [-0.4, -0.2) is 26.2 Å². The number of nitrogens with one attached hydrogen (secondary N) is 1. The van der Waals surface area contributed by atoms with Gasteiger partial charge in [0, 0.05) is 0 Å². The molecule has 0 aliphatic heterocycles. The Hall–Kier alpha value is -2.11. The number of carbonyl (C=O) groups excluding carboxylic acids is 1. The Balaban J connectivity index is 2.89. The largest absolute Gasteiger partial charge is 0.309 e. The van der Waals surface area contributed by atoms with E-state index >= 15 is 0 Å². The van der Waals surface area contributed by atoms with Crippen LogP contribution >= 0.6 is 0 Å². The summed E-state index contributed by atoms with van der Waals surface area (Å²) in [5.41, 5.74) is 0.0643. The van der Waals surface area contributed by atoms with Gasteiger partial charge >= 0.3 is 0 Å². The van der Waals surface area contributed by atoms with Crippen LogP contribution in [0.5, 0.6) is 0 Å². The number of H-pyrrole nitrogens is 1. The summed E-state index contributed by atoms with van der Waals surface area (Å²) >= 11 is 0. The Labute approximate surface area is 78.0 Å². The lowest BCUT2D eigenvalue weighted by Crippen LogP contribution is -2.12. The summed E-state index contributed by atoms with van der Waals surface area (Å²) in [6.45, 7) is 1.65. The summed E-state index contributed by atoms with van der Waals surface area (Å²) in [6.07, 6.45) is 1.81. The second-order valence-electron chi connectivity index (χ2n) is 2.74. The van der Waals surface area contributed by atoms with Crippen molar-refractivity contribution in [1.29, 1.82) is 0 Å². The third kappa shape index (κ3) is 1.26. The standard InChI is InChI=1S/C8H6N4O2/c1-4-10-7-6(8(14)11-4)12-5(3-13)2-9-7/h2-3H,1H3,(H,9,10,11,14). The lowest BCUT2D eigenvalue weighted by Gasteiger charge is -1.96. The van der Waals surface area contributed by atoms with Gasteiger partial charge in [0.25, 0.3) is 5.56 Å². The molecule has 0 atom stereocenters. The fraction of sp³-hybridized carbons (Fsp3) is 0.125. The fourth-order valence-corrected chi connectivity index (χ4v) is 1.10. The number of hydrogen-bond donors (Lipinski definition) is 1. The summed E-state index contributed by atoms with van der Waals surface area (Å²) in [5.74, 6) is 0.468. The molecule has 2 aromatic heterocycles. The number of aromatic nitrogens is 4. The third-order valence-electron chi connectivity index (χ3n) is 1.68. The zero-order valence-corrected chi connectivity index (χ0v) is 7.31. The van der Waals surface area contributed by atoms with Gasteiger partial charge in [0.05, 0.1) is 6.20 Å². The van der Waals surface area contributed by atoms with Gasteiger partial charge in [0.1, 0.15) is 11.5 Å². The van der Waals surface area contributed by atoms with Crippen molar-refractivity contribution in [2.45, 2.75) is 6.92 Å². The second kappa shape index (κ2) is 2.99. The highest BCUT2D eigenvalue weighted by molar-refractivity contribution is 5.76. The number of nitrogens with zero attached hydrogens (tertiary/aromatic N) is 3. The van der Waals surface area contributed by atoms with Crippen molar-refractivity contribution < 1.29 is 4.79 Å². The summed E-state index contributed by atoms with van der Waals surface area (Å²) in [7, 11) is 0. The van der Waals surface area contributed by atoms with E-state index in [2.05, 4.69) is 19.9 Å². The molecule has 0 fully saturated rings. The maximum Gasteiger partial charge on any atom is 0.279 e. The Morgan fingerprint density at radius 3 is 2.93 bits per heavy atom. The average Bonchev–Trinajstić information content (AvgIpc) is 2.17. The van der Waals surface area contributed by atoms with Crippen LogP contribution in [0.1, 0.15) is 16.3 Å². The molecule has 0 saturated carbocycles. The highest BCUT2D eigenvalue weighted by atomic mass is 16.1. The molecule has 0 saturated heterocycles. The van der Waals surface area contributed by atoms with Crippen LogP contribution in [-0.2, 0) is 0 Å². The number of aromatic amines is 1. The third-order valence-corrected chi connectivity index (χ3v) is 1.68. The van der Waals surface area contributed by atoms with Crippen LogP contribution in [0.15, 0.2) is 11.0 Å². The van der Waals surface area contributed by atoms with Crippen molar-refractivity contribution in [3.8, 4) is 0 Å². The molecule has 0 unspecified atom stereocenters. The van der Waals surface area contributed by atoms with Gasteiger partial charge in [-0.1, -0.05) is 0 Å². The number of hydrogen-bond acceptors (Lipinski definition) is 5. The molecule has 0 radical (unpaired) electrons. The van der Waals surface area contributed by atoms with E-state index in [0.717, 1.165) is 0 Å². The Bertz CT molecular complexity index is 561. The van der Waals surface area contributed by atoms with E-state index in [1.807, 2.05) is 0 Å². The van der Waals surface area contributed by atoms with Gasteiger partial charge in [-0.05, 0) is 6.92 Å². The van der Waals surface area contributed by atoms with Crippen LogP contribution in [0.25, 0.3) is 11.2 Å². The maximum atomic E-state index is 11.4. The zero-order valence-electron chi connectivity index (χ0n) is 7.31. The minimum Gasteiger partial charge on any atom is -0.309 e. The van der Waals surface area contributed by atoms with E-state index < -0.39 is 0 Å². The monoisotopic (exact) mass is 190 g/mol. The smallest absolute Gasteiger partial charge is 0.279 e. The Morgan fingerprint density at radius 2 is 2.21 bits per heavy atom. The molecule has 0 aromatic carbocycles. The van der Waals surface area contributed by atoms with Crippen LogP contribution in [0.3, 0.4) is 0 Å². The summed E-state index contributed by atoms with van der Waals surface area (Å²) in [4.78, 5) is 35.8. The van der Waals surface area contributed by atoms with E-state index in [0.29, 0.717) is 12.1 Å². The first-order valence-corrected chi connectivity index (χ1v) is 3.89. The predicted molar refractivity (Wildman–Crippen MR) is 48.1 cm³/mol. The van der Waals surface area contributed by atoms with Crippen molar-refractivity contribution in [3.05, 3.63) is 28.1 Å². The van der Waals surface area contributed by atoms with E-state index in [1.54, 1.807) is 6.92 Å². The minimum absolute atomic E-state index is 0.0835. The predicted octanol–water partition coefficient (Wildman–Crippen LogP) is -0.166. The molecule has 2 aromatic rings. The number of fused-ring (bicyclic) bond motifs is 1. The van der Waals surface area contributed by atoms with E-state index in [9.17, 15) is 9.59 Å². The Morgan fingerprint density at radius 1 is 1.43 bits per heavy atom. The van der Waals surface area contributed by atoms with Crippen LogP contribution in [0, 0.1) is 6.92 Å². The molecule has 2 rings (SSSR count). The highest BCUT2D eigenvalue weighted by Crippen LogP contribution is 1.99. The molecule has 2 heterocycles. The normalized spacial score (nSPS) is 10.4. The van der Waals surface area contributed by atoms with Crippen LogP contribution in [0.4, 0.5) is 0 Å². The zero-order chi connectivity index (χ0) is 10.1. The van der Waals surface area contributed by atoms with Gasteiger partial charge in [-0.25, -0.2) is 15.0 Å². The molecular weight excluding hydrogens is 184 g/mol. The molecule has 0 spiro atoms. The number of carbonyl (C=O) groups is 1. The molecule has 0 aliphatic rings. The molecule has 0 bridgehead atoms. The lowest BCUT2D eigenvalue weighted by molar-refractivity contribution is 0.111. The molecule has 70 valence electrons. The maximum absolute atomic E-state index is 11.4. The molecule has 0 aliphatic carbocycles. The van der Waals surface area contributed by atoms with Gasteiger partial charge < -0.3 is 4.98 Å². The topological polar surface area (TPSA) is 88.6 Å². The van der Waals surface area contributed by atoms with Gasteiger partial charge in [-0.2, -0.15) is 0 Å². The average molecular weight is 190 g/mol. The van der Waals surface area contributed by atoms with Crippen LogP contribution < -0.4 is 5.56 Å².